The van der Waals surface area contributed by atoms with Crippen LogP contribution in [0.25, 0.3) is 0 Å². The molecule has 0 amide bonds. The number of ether oxygens (including phenoxy) is 2. The van der Waals surface area contributed by atoms with Crippen LogP contribution in [0.2, 0.25) is 0 Å². The van der Waals surface area contributed by atoms with Gasteiger partial charge in [0.05, 0.1) is 13.2 Å². The number of aryl methyl sites for hydroxylation is 3. The maximum Gasteiger partial charge on any atom is 0.349 e. The van der Waals surface area contributed by atoms with Crippen molar-refractivity contribution in [2.24, 2.45) is 0 Å². The first kappa shape index (κ1) is 27.3. The van der Waals surface area contributed by atoms with Crippen molar-refractivity contribution in [3.05, 3.63) is 87.6 Å². The van der Waals surface area contributed by atoms with Gasteiger partial charge in [0.25, 0.3) is 0 Å². The molecule has 6 heteroatoms. The Balaban J connectivity index is 1.61. The lowest BCUT2D eigenvalue weighted by Crippen LogP contribution is -2.39. The molecule has 1 heterocycles. The number of carbonyl (C=O) groups is 1. The lowest BCUT2D eigenvalue weighted by Gasteiger charge is -2.24. The van der Waals surface area contributed by atoms with Crippen LogP contribution in [0.3, 0.4) is 0 Å². The highest BCUT2D eigenvalue weighted by molar-refractivity contribution is 5.79. The number of hydrogen-bond acceptors (Lipinski definition) is 4. The molecule has 0 fully saturated rings. The van der Waals surface area contributed by atoms with Crippen LogP contribution in [0.15, 0.2) is 59.5 Å². The first-order valence-corrected chi connectivity index (χ1v) is 13.1. The van der Waals surface area contributed by atoms with Gasteiger partial charge >= 0.3 is 11.7 Å². The third-order valence-electron chi connectivity index (χ3n) is 6.32. The molecule has 36 heavy (non-hydrogen) atoms. The van der Waals surface area contributed by atoms with Crippen LogP contribution < -0.4 is 10.4 Å². The van der Waals surface area contributed by atoms with Crippen molar-refractivity contribution in [1.29, 1.82) is 0 Å². The zero-order chi connectivity index (χ0) is 26.1. The molecule has 0 aliphatic rings. The molecule has 0 saturated carbocycles. The third kappa shape index (κ3) is 7.12. The van der Waals surface area contributed by atoms with E-state index in [1.807, 2.05) is 39.6 Å². The first-order valence-electron chi connectivity index (χ1n) is 13.1. The van der Waals surface area contributed by atoms with E-state index in [2.05, 4.69) is 38.1 Å². The Morgan fingerprint density at radius 3 is 2.14 bits per heavy atom. The van der Waals surface area contributed by atoms with Crippen LogP contribution >= 0.6 is 0 Å². The molecule has 0 N–H and O–H groups in total. The number of hydrogen-bond donors (Lipinski definition) is 0. The smallest absolute Gasteiger partial charge is 0.349 e. The second-order valence-corrected chi connectivity index (χ2v) is 9.68. The van der Waals surface area contributed by atoms with E-state index in [1.165, 1.54) is 11.1 Å². The lowest BCUT2D eigenvalue weighted by atomic mass is 10.1. The van der Waals surface area contributed by atoms with Crippen LogP contribution in [-0.4, -0.2) is 27.3 Å². The monoisotopic (exact) mass is 492 g/mol. The van der Waals surface area contributed by atoms with E-state index < -0.39 is 5.60 Å². The van der Waals surface area contributed by atoms with Crippen molar-refractivity contribution in [2.45, 2.75) is 85.4 Å². The Labute approximate surface area is 214 Å². The summed E-state index contributed by atoms with van der Waals surface area (Å²) in [6.07, 6.45) is 6.63. The molecule has 0 spiro atoms. The summed E-state index contributed by atoms with van der Waals surface area (Å²) in [6, 6.07) is 16.3. The van der Waals surface area contributed by atoms with Gasteiger partial charge in [-0.1, -0.05) is 50.2 Å². The number of benzene rings is 2. The SMILES string of the molecule is CCCn1c(CCCc2ccc(OC(C)(C)C(=O)OCC)cc2)cn(Cc2ccc(CC)cc2)c1=O. The molecule has 1 aromatic heterocycles. The Morgan fingerprint density at radius 1 is 0.889 bits per heavy atom. The highest BCUT2D eigenvalue weighted by Crippen LogP contribution is 2.21. The molecule has 0 unspecified atom stereocenters. The van der Waals surface area contributed by atoms with Gasteiger partial charge in [-0.25, -0.2) is 9.59 Å². The molecule has 2 aromatic carbocycles. The first-order chi connectivity index (χ1) is 17.3. The second-order valence-electron chi connectivity index (χ2n) is 9.68. The van der Waals surface area contributed by atoms with Gasteiger partial charge in [0.1, 0.15) is 5.75 Å². The molecule has 0 aliphatic carbocycles. The zero-order valence-corrected chi connectivity index (χ0v) is 22.4. The fourth-order valence-corrected chi connectivity index (χ4v) is 4.27. The van der Waals surface area contributed by atoms with Crippen LogP contribution in [0.4, 0.5) is 0 Å². The Morgan fingerprint density at radius 2 is 1.53 bits per heavy atom. The quantitative estimate of drug-likeness (QED) is 0.293. The molecule has 3 rings (SSSR count). The van der Waals surface area contributed by atoms with Crippen molar-refractivity contribution in [1.82, 2.24) is 9.13 Å². The van der Waals surface area contributed by atoms with Crippen molar-refractivity contribution in [2.75, 3.05) is 6.61 Å². The van der Waals surface area contributed by atoms with Crippen LogP contribution in [0.1, 0.15) is 69.8 Å². The van der Waals surface area contributed by atoms with Gasteiger partial charge in [-0.05, 0) is 81.7 Å². The predicted octanol–water partition coefficient (Wildman–Crippen LogP) is 5.57. The lowest BCUT2D eigenvalue weighted by molar-refractivity contribution is -0.158. The van der Waals surface area contributed by atoms with Gasteiger partial charge in [0.15, 0.2) is 5.60 Å². The summed E-state index contributed by atoms with van der Waals surface area (Å²) in [5.41, 5.74) is 3.75. The fraction of sp³-hybridized carbons (Fsp3) is 0.467. The number of nitrogens with zero attached hydrogens (tertiary/aromatic N) is 2. The van der Waals surface area contributed by atoms with Gasteiger partial charge in [-0.2, -0.15) is 0 Å². The Bertz CT molecular complexity index is 1170. The van der Waals surface area contributed by atoms with Gasteiger partial charge in [0.2, 0.25) is 0 Å². The van der Waals surface area contributed by atoms with E-state index in [9.17, 15) is 9.59 Å². The van der Waals surface area contributed by atoms with Gasteiger partial charge in [0, 0.05) is 18.4 Å². The highest BCUT2D eigenvalue weighted by atomic mass is 16.6. The zero-order valence-electron chi connectivity index (χ0n) is 22.4. The van der Waals surface area contributed by atoms with Crippen molar-refractivity contribution >= 4 is 5.97 Å². The van der Waals surface area contributed by atoms with Crippen LogP contribution in [0.5, 0.6) is 5.75 Å². The molecule has 0 bridgehead atoms. The third-order valence-corrected chi connectivity index (χ3v) is 6.32. The summed E-state index contributed by atoms with van der Waals surface area (Å²) in [4.78, 5) is 25.1. The minimum atomic E-state index is -1.04. The minimum absolute atomic E-state index is 0.0668. The maximum atomic E-state index is 13.1. The molecular formula is C30H40N2O4. The second kappa shape index (κ2) is 12.6. The number of aromatic nitrogens is 2. The summed E-state index contributed by atoms with van der Waals surface area (Å²) in [5, 5.41) is 0. The standard InChI is InChI=1S/C30H40N2O4/c1-6-20-32-26(22-31(29(32)34)21-25-14-12-23(7-2)13-15-25)11-9-10-24-16-18-27(19-17-24)36-30(4,5)28(33)35-8-3/h12-19,22H,6-11,20-21H2,1-5H3. The topological polar surface area (TPSA) is 62.5 Å². The van der Waals surface area contributed by atoms with E-state index in [4.69, 9.17) is 9.47 Å². The van der Waals surface area contributed by atoms with Crippen molar-refractivity contribution < 1.29 is 14.3 Å². The van der Waals surface area contributed by atoms with E-state index in [1.54, 1.807) is 20.8 Å². The number of imidazole rings is 1. The summed E-state index contributed by atoms with van der Waals surface area (Å²) in [5.74, 6) is 0.259. The number of carbonyl (C=O) groups excluding carboxylic acids is 1. The van der Waals surface area contributed by atoms with Crippen molar-refractivity contribution in [3.63, 3.8) is 0 Å². The van der Waals surface area contributed by atoms with Crippen molar-refractivity contribution in [3.8, 4) is 5.75 Å². The van der Waals surface area contributed by atoms with Crippen LogP contribution in [0, 0.1) is 0 Å². The Kier molecular flexibility index (Phi) is 9.57. The van der Waals surface area contributed by atoms with Gasteiger partial charge in [-0.3, -0.25) is 9.13 Å². The summed E-state index contributed by atoms with van der Waals surface area (Å²) >= 11 is 0. The molecule has 0 radical (unpaired) electrons. The van der Waals surface area contributed by atoms with Gasteiger partial charge < -0.3 is 9.47 Å². The molecule has 0 atom stereocenters. The normalized spacial score (nSPS) is 11.5. The van der Waals surface area contributed by atoms with E-state index in [0.29, 0.717) is 18.9 Å². The molecule has 3 aromatic rings. The van der Waals surface area contributed by atoms with E-state index in [0.717, 1.165) is 49.9 Å². The molecule has 194 valence electrons. The molecule has 0 saturated heterocycles. The number of rotatable bonds is 13. The van der Waals surface area contributed by atoms with Crippen LogP contribution in [-0.2, 0) is 41.9 Å². The van der Waals surface area contributed by atoms with E-state index in [-0.39, 0.29) is 11.7 Å². The van der Waals surface area contributed by atoms with E-state index >= 15 is 0 Å². The fourth-order valence-electron chi connectivity index (χ4n) is 4.27. The highest BCUT2D eigenvalue weighted by Gasteiger charge is 2.31. The summed E-state index contributed by atoms with van der Waals surface area (Å²) in [6.45, 7) is 11.1. The average molecular weight is 493 g/mol. The maximum absolute atomic E-state index is 13.1. The Hall–Kier alpha value is -3.28. The average Bonchev–Trinajstić information content (AvgIpc) is 3.15. The number of esters is 1. The summed E-state index contributed by atoms with van der Waals surface area (Å²) in [7, 11) is 0. The molecular weight excluding hydrogens is 452 g/mol. The molecule has 0 aliphatic heterocycles. The minimum Gasteiger partial charge on any atom is -0.476 e. The predicted molar refractivity (Wildman–Crippen MR) is 144 cm³/mol. The largest absolute Gasteiger partial charge is 0.476 e. The molecule has 6 nitrogen and oxygen atoms in total. The van der Waals surface area contributed by atoms with Gasteiger partial charge in [-0.15, -0.1) is 0 Å². The summed E-state index contributed by atoms with van der Waals surface area (Å²) < 4.78 is 14.7.